The number of carbonyl (C=O) groups is 1. The van der Waals surface area contributed by atoms with Crippen molar-refractivity contribution in [1.82, 2.24) is 30.6 Å². The van der Waals surface area contributed by atoms with Gasteiger partial charge in [-0.3, -0.25) is 9.48 Å². The molecule has 1 aliphatic rings. The Morgan fingerprint density at radius 3 is 2.96 bits per heavy atom. The molecule has 0 bridgehead atoms. The van der Waals surface area contributed by atoms with Crippen LogP contribution < -0.4 is 10.6 Å². The second kappa shape index (κ2) is 7.76. The van der Waals surface area contributed by atoms with Crippen LogP contribution in [0.25, 0.3) is 10.6 Å². The number of benzene rings is 1. The Kier molecular flexibility index (Phi) is 5.03. The number of carbonyl (C=O) groups excluding carboxylic acids is 1. The van der Waals surface area contributed by atoms with Crippen LogP contribution in [0, 0.1) is 0 Å². The van der Waals surface area contributed by atoms with E-state index >= 15 is 0 Å². The minimum absolute atomic E-state index is 0.191. The van der Waals surface area contributed by atoms with Crippen LogP contribution in [0.4, 0.5) is 0 Å². The molecule has 8 heteroatoms. The van der Waals surface area contributed by atoms with Crippen LogP contribution in [0.15, 0.2) is 42.6 Å². The first-order chi connectivity index (χ1) is 12.8. The molecule has 1 unspecified atom stereocenters. The molecule has 0 saturated carbocycles. The molecule has 1 atom stereocenters. The molecule has 3 heterocycles. The molecule has 1 aliphatic heterocycles. The highest BCUT2D eigenvalue weighted by molar-refractivity contribution is 7.14. The Morgan fingerprint density at radius 1 is 1.27 bits per heavy atom. The van der Waals surface area contributed by atoms with Crippen molar-refractivity contribution in [3.05, 3.63) is 53.3 Å². The van der Waals surface area contributed by atoms with Gasteiger partial charge >= 0.3 is 0 Å². The Bertz CT molecular complexity index is 869. The summed E-state index contributed by atoms with van der Waals surface area (Å²) in [4.78, 5) is 12.3. The predicted octanol–water partition coefficient (Wildman–Crippen LogP) is 2.26. The highest BCUT2D eigenvalue weighted by Gasteiger charge is 2.18. The van der Waals surface area contributed by atoms with E-state index in [-0.39, 0.29) is 5.91 Å². The molecule has 3 aromatic rings. The lowest BCUT2D eigenvalue weighted by atomic mass is 10.1. The second-order valence-corrected chi connectivity index (χ2v) is 7.29. The van der Waals surface area contributed by atoms with E-state index in [2.05, 4.69) is 25.9 Å². The van der Waals surface area contributed by atoms with Crippen LogP contribution in [0.2, 0.25) is 0 Å². The molecule has 1 fully saturated rings. The Labute approximate surface area is 155 Å². The van der Waals surface area contributed by atoms with Gasteiger partial charge in [-0.25, -0.2) is 0 Å². The summed E-state index contributed by atoms with van der Waals surface area (Å²) in [6.07, 6.45) is 4.10. The Hall–Kier alpha value is -2.58. The molecule has 4 rings (SSSR count). The fourth-order valence-electron chi connectivity index (χ4n) is 2.99. The van der Waals surface area contributed by atoms with Gasteiger partial charge < -0.3 is 10.6 Å². The zero-order valence-electron chi connectivity index (χ0n) is 14.3. The molecular weight excluding hydrogens is 348 g/mol. The summed E-state index contributed by atoms with van der Waals surface area (Å²) in [7, 11) is 0. The summed E-state index contributed by atoms with van der Waals surface area (Å²) in [6.45, 7) is 2.30. The first-order valence-electron chi connectivity index (χ1n) is 8.71. The maximum absolute atomic E-state index is 12.3. The maximum atomic E-state index is 12.3. The summed E-state index contributed by atoms with van der Waals surface area (Å²) in [6, 6.07) is 12.0. The zero-order chi connectivity index (χ0) is 17.8. The number of nitrogens with one attached hydrogen (secondary N) is 2. The van der Waals surface area contributed by atoms with E-state index in [9.17, 15) is 4.79 Å². The molecule has 2 aromatic heterocycles. The van der Waals surface area contributed by atoms with E-state index < -0.39 is 0 Å². The first kappa shape index (κ1) is 16.9. The van der Waals surface area contributed by atoms with Crippen molar-refractivity contribution in [2.24, 2.45) is 0 Å². The van der Waals surface area contributed by atoms with Gasteiger partial charge in [0.05, 0.1) is 12.6 Å². The van der Waals surface area contributed by atoms with Gasteiger partial charge in [0.2, 0.25) is 0 Å². The normalized spacial score (nSPS) is 17.2. The monoisotopic (exact) mass is 368 g/mol. The van der Waals surface area contributed by atoms with Crippen molar-refractivity contribution in [3.63, 3.8) is 0 Å². The molecule has 7 nitrogen and oxygen atoms in total. The highest BCUT2D eigenvalue weighted by atomic mass is 32.1. The molecule has 1 aromatic carbocycles. The van der Waals surface area contributed by atoms with Crippen molar-refractivity contribution < 1.29 is 4.79 Å². The van der Waals surface area contributed by atoms with E-state index in [4.69, 9.17) is 0 Å². The molecule has 1 saturated heterocycles. The lowest BCUT2D eigenvalue weighted by molar-refractivity contribution is 0.0944. The molecule has 1 amide bonds. The number of hydrogen-bond acceptors (Lipinski definition) is 6. The minimum Gasteiger partial charge on any atom is -0.344 e. The van der Waals surface area contributed by atoms with Crippen LogP contribution in [0.3, 0.4) is 0 Å². The van der Waals surface area contributed by atoms with Gasteiger partial charge in [0.1, 0.15) is 15.7 Å². The summed E-state index contributed by atoms with van der Waals surface area (Å²) in [5, 5.41) is 20.6. The fraction of sp³-hybridized carbons (Fsp3) is 0.333. The minimum atomic E-state index is -0.191. The number of nitrogens with zero attached hydrogens (tertiary/aromatic N) is 4. The number of amides is 1. The third-order valence-electron chi connectivity index (χ3n) is 4.37. The van der Waals surface area contributed by atoms with Crippen molar-refractivity contribution in [2.75, 3.05) is 13.1 Å². The van der Waals surface area contributed by atoms with Gasteiger partial charge in [-0.1, -0.05) is 41.7 Å². The SMILES string of the molecule is O=C(NCc1nnc(-c2ccccc2)s1)c1ccn(C2CCCNC2)n1. The van der Waals surface area contributed by atoms with E-state index in [0.717, 1.165) is 41.5 Å². The average Bonchev–Trinajstić information content (AvgIpc) is 3.37. The van der Waals surface area contributed by atoms with E-state index in [1.807, 2.05) is 41.2 Å². The van der Waals surface area contributed by atoms with Crippen LogP contribution in [-0.4, -0.2) is 39.0 Å². The standard InChI is InChI=1S/C18H20N6OS/c25-17(15-8-10-24(23-15)14-7-4-9-19-11-14)20-12-16-21-22-18(26-16)13-5-2-1-3-6-13/h1-3,5-6,8,10,14,19H,4,7,9,11-12H2,(H,20,25). The Morgan fingerprint density at radius 2 is 2.15 bits per heavy atom. The van der Waals surface area contributed by atoms with Crippen LogP contribution in [-0.2, 0) is 6.54 Å². The summed E-state index contributed by atoms with van der Waals surface area (Å²) < 4.78 is 1.89. The quantitative estimate of drug-likeness (QED) is 0.722. The fourth-order valence-corrected chi connectivity index (χ4v) is 3.78. The van der Waals surface area contributed by atoms with Crippen LogP contribution >= 0.6 is 11.3 Å². The average molecular weight is 368 g/mol. The van der Waals surface area contributed by atoms with E-state index in [0.29, 0.717) is 18.3 Å². The van der Waals surface area contributed by atoms with Gasteiger partial charge in [0.15, 0.2) is 0 Å². The molecule has 0 spiro atoms. The number of rotatable bonds is 5. The number of piperidine rings is 1. The van der Waals surface area contributed by atoms with Crippen molar-refractivity contribution in [3.8, 4) is 10.6 Å². The molecule has 26 heavy (non-hydrogen) atoms. The lowest BCUT2D eigenvalue weighted by Crippen LogP contribution is -2.32. The van der Waals surface area contributed by atoms with Gasteiger partial charge in [0, 0.05) is 18.3 Å². The molecular formula is C18H20N6OS. The third kappa shape index (κ3) is 3.81. The topological polar surface area (TPSA) is 84.7 Å². The van der Waals surface area contributed by atoms with E-state index in [1.165, 1.54) is 11.3 Å². The van der Waals surface area contributed by atoms with Crippen LogP contribution in [0.1, 0.15) is 34.4 Å². The predicted molar refractivity (Wildman–Crippen MR) is 99.9 cm³/mol. The number of hydrogen-bond donors (Lipinski definition) is 2. The molecule has 2 N–H and O–H groups in total. The third-order valence-corrected chi connectivity index (χ3v) is 5.35. The van der Waals surface area contributed by atoms with Gasteiger partial charge in [-0.2, -0.15) is 5.10 Å². The summed E-state index contributed by atoms with van der Waals surface area (Å²) in [5.74, 6) is -0.191. The highest BCUT2D eigenvalue weighted by Crippen LogP contribution is 2.23. The van der Waals surface area contributed by atoms with Gasteiger partial charge in [-0.15, -0.1) is 10.2 Å². The van der Waals surface area contributed by atoms with Crippen molar-refractivity contribution in [1.29, 1.82) is 0 Å². The molecule has 0 radical (unpaired) electrons. The Balaban J connectivity index is 1.35. The summed E-state index contributed by atoms with van der Waals surface area (Å²) >= 11 is 1.48. The van der Waals surface area contributed by atoms with Gasteiger partial charge in [0.25, 0.3) is 5.91 Å². The van der Waals surface area contributed by atoms with Crippen LogP contribution in [0.5, 0.6) is 0 Å². The second-order valence-electron chi connectivity index (χ2n) is 6.23. The van der Waals surface area contributed by atoms with Gasteiger partial charge in [-0.05, 0) is 25.5 Å². The maximum Gasteiger partial charge on any atom is 0.272 e. The summed E-state index contributed by atoms with van der Waals surface area (Å²) in [5.41, 5.74) is 1.46. The lowest BCUT2D eigenvalue weighted by Gasteiger charge is -2.22. The largest absolute Gasteiger partial charge is 0.344 e. The zero-order valence-corrected chi connectivity index (χ0v) is 15.1. The van der Waals surface area contributed by atoms with E-state index in [1.54, 1.807) is 6.07 Å². The first-order valence-corrected chi connectivity index (χ1v) is 9.53. The smallest absolute Gasteiger partial charge is 0.272 e. The molecule has 0 aliphatic carbocycles. The van der Waals surface area contributed by atoms with Crippen molar-refractivity contribution in [2.45, 2.75) is 25.4 Å². The van der Waals surface area contributed by atoms with Crippen molar-refractivity contribution >= 4 is 17.2 Å². The number of aromatic nitrogens is 4. The molecule has 134 valence electrons.